The highest BCUT2D eigenvalue weighted by Crippen LogP contribution is 2.24. The van der Waals surface area contributed by atoms with Crippen LogP contribution in [-0.2, 0) is 0 Å². The van der Waals surface area contributed by atoms with E-state index < -0.39 is 6.36 Å². The van der Waals surface area contributed by atoms with Crippen molar-refractivity contribution in [2.75, 3.05) is 11.9 Å². The summed E-state index contributed by atoms with van der Waals surface area (Å²) in [7, 11) is 0. The van der Waals surface area contributed by atoms with Gasteiger partial charge >= 0.3 is 6.36 Å². The zero-order valence-corrected chi connectivity index (χ0v) is 8.34. The molecule has 0 fully saturated rings. The van der Waals surface area contributed by atoms with E-state index in [2.05, 4.69) is 16.0 Å². The average molecular weight is 229 g/mol. The first-order valence-corrected chi connectivity index (χ1v) is 4.54. The molecule has 0 saturated carbocycles. The minimum Gasteiger partial charge on any atom is -0.406 e. The molecule has 0 spiro atoms. The molecule has 0 amide bonds. The van der Waals surface area contributed by atoms with Crippen LogP contribution in [0.25, 0.3) is 0 Å². The van der Waals surface area contributed by atoms with Crippen molar-refractivity contribution in [3.05, 3.63) is 24.3 Å². The second-order valence-electron chi connectivity index (χ2n) is 2.96. The lowest BCUT2D eigenvalue weighted by molar-refractivity contribution is -0.274. The van der Waals surface area contributed by atoms with Gasteiger partial charge in [-0.1, -0.05) is 6.07 Å². The lowest BCUT2D eigenvalue weighted by Crippen LogP contribution is -2.17. The number of benzene rings is 1. The largest absolute Gasteiger partial charge is 0.573 e. The standard InChI is InChI=1S/C11H10F3NO/c1-2-3-7-15-9-5-4-6-10(8-9)16-11(12,13)14/h1,4-6,8,15H,3,7H2. The molecule has 16 heavy (non-hydrogen) atoms. The van der Waals surface area contributed by atoms with Crippen molar-refractivity contribution in [3.63, 3.8) is 0 Å². The molecular formula is C11H10F3NO. The van der Waals surface area contributed by atoms with Crippen molar-refractivity contribution in [1.82, 2.24) is 0 Å². The maximum Gasteiger partial charge on any atom is 0.573 e. The van der Waals surface area contributed by atoms with E-state index in [-0.39, 0.29) is 5.75 Å². The summed E-state index contributed by atoms with van der Waals surface area (Å²) in [6.45, 7) is 0.506. The van der Waals surface area contributed by atoms with Gasteiger partial charge in [0.05, 0.1) is 0 Å². The molecule has 0 bridgehead atoms. The minimum absolute atomic E-state index is 0.252. The maximum atomic E-state index is 11.9. The molecule has 0 radical (unpaired) electrons. The molecule has 0 unspecified atom stereocenters. The Labute approximate surface area is 91.4 Å². The summed E-state index contributed by atoms with van der Waals surface area (Å²) in [5.74, 6) is 2.17. The molecule has 1 rings (SSSR count). The predicted octanol–water partition coefficient (Wildman–Crippen LogP) is 3.02. The van der Waals surface area contributed by atoms with Crippen LogP contribution in [0.1, 0.15) is 6.42 Å². The molecule has 0 saturated heterocycles. The fourth-order valence-electron chi connectivity index (χ4n) is 1.08. The third-order valence-corrected chi connectivity index (χ3v) is 1.67. The van der Waals surface area contributed by atoms with Gasteiger partial charge in [-0.2, -0.15) is 0 Å². The fraction of sp³-hybridized carbons (Fsp3) is 0.273. The molecule has 1 N–H and O–H groups in total. The number of halogens is 3. The topological polar surface area (TPSA) is 21.3 Å². The van der Waals surface area contributed by atoms with Gasteiger partial charge in [-0.05, 0) is 12.1 Å². The molecule has 0 heterocycles. The molecule has 0 aliphatic carbocycles. The molecule has 0 aromatic heterocycles. The van der Waals surface area contributed by atoms with E-state index in [1.54, 1.807) is 6.07 Å². The van der Waals surface area contributed by atoms with Crippen LogP contribution in [-0.4, -0.2) is 12.9 Å². The smallest absolute Gasteiger partial charge is 0.406 e. The van der Waals surface area contributed by atoms with Gasteiger partial charge in [-0.25, -0.2) is 0 Å². The summed E-state index contributed by atoms with van der Waals surface area (Å²) in [5, 5.41) is 2.88. The monoisotopic (exact) mass is 229 g/mol. The van der Waals surface area contributed by atoms with E-state index in [1.165, 1.54) is 18.2 Å². The summed E-state index contributed by atoms with van der Waals surface area (Å²) in [6, 6.07) is 5.61. The zero-order chi connectivity index (χ0) is 12.0. The lowest BCUT2D eigenvalue weighted by Gasteiger charge is -2.10. The Bertz CT molecular complexity index is 382. The Morgan fingerprint density at radius 3 is 2.75 bits per heavy atom. The number of hydrogen-bond acceptors (Lipinski definition) is 2. The molecule has 2 nitrogen and oxygen atoms in total. The van der Waals surface area contributed by atoms with Gasteiger partial charge in [-0.3, -0.25) is 0 Å². The van der Waals surface area contributed by atoms with Gasteiger partial charge < -0.3 is 10.1 Å². The number of terminal acetylenes is 1. The van der Waals surface area contributed by atoms with Gasteiger partial charge in [0, 0.05) is 24.7 Å². The third-order valence-electron chi connectivity index (χ3n) is 1.67. The van der Waals surface area contributed by atoms with E-state index in [0.29, 0.717) is 18.7 Å². The first-order chi connectivity index (χ1) is 7.51. The van der Waals surface area contributed by atoms with Crippen LogP contribution in [0.4, 0.5) is 18.9 Å². The molecule has 86 valence electrons. The number of nitrogens with one attached hydrogen (secondary N) is 1. The second kappa shape index (κ2) is 5.31. The summed E-state index contributed by atoms with van der Waals surface area (Å²) in [5.41, 5.74) is 0.539. The molecule has 1 aromatic carbocycles. The van der Waals surface area contributed by atoms with Crippen molar-refractivity contribution < 1.29 is 17.9 Å². The Kier molecular flexibility index (Phi) is 4.06. The zero-order valence-electron chi connectivity index (χ0n) is 8.34. The van der Waals surface area contributed by atoms with Crippen LogP contribution in [0.2, 0.25) is 0 Å². The number of ether oxygens (including phenoxy) is 1. The van der Waals surface area contributed by atoms with E-state index in [1.807, 2.05) is 0 Å². The predicted molar refractivity (Wildman–Crippen MR) is 55.1 cm³/mol. The van der Waals surface area contributed by atoms with Crippen molar-refractivity contribution in [2.24, 2.45) is 0 Å². The first-order valence-electron chi connectivity index (χ1n) is 4.54. The molecule has 0 atom stereocenters. The van der Waals surface area contributed by atoms with Crippen molar-refractivity contribution in [3.8, 4) is 18.1 Å². The van der Waals surface area contributed by atoms with Gasteiger partial charge in [0.1, 0.15) is 5.75 Å². The molecule has 0 aliphatic heterocycles. The highest BCUT2D eigenvalue weighted by molar-refractivity contribution is 5.48. The Morgan fingerprint density at radius 1 is 1.38 bits per heavy atom. The van der Waals surface area contributed by atoms with Crippen LogP contribution in [0.3, 0.4) is 0 Å². The summed E-state index contributed by atoms with van der Waals surface area (Å²) < 4.78 is 39.5. The second-order valence-corrected chi connectivity index (χ2v) is 2.96. The molecule has 1 aromatic rings. The summed E-state index contributed by atoms with van der Waals surface area (Å²) >= 11 is 0. The Balaban J connectivity index is 2.61. The molecular weight excluding hydrogens is 219 g/mol. The maximum absolute atomic E-state index is 11.9. The summed E-state index contributed by atoms with van der Waals surface area (Å²) in [4.78, 5) is 0. The van der Waals surface area contributed by atoms with Crippen LogP contribution in [0, 0.1) is 12.3 Å². The number of anilines is 1. The highest BCUT2D eigenvalue weighted by Gasteiger charge is 2.31. The van der Waals surface area contributed by atoms with Crippen molar-refractivity contribution in [1.29, 1.82) is 0 Å². The van der Waals surface area contributed by atoms with Gasteiger partial charge in [0.2, 0.25) is 0 Å². The minimum atomic E-state index is -4.67. The third kappa shape index (κ3) is 4.60. The first kappa shape index (κ1) is 12.2. The van der Waals surface area contributed by atoms with Gasteiger partial charge in [0.15, 0.2) is 0 Å². The Hall–Kier alpha value is -1.83. The normalized spacial score (nSPS) is 10.6. The van der Waals surface area contributed by atoms with Crippen LogP contribution in [0.15, 0.2) is 24.3 Å². The number of alkyl halides is 3. The van der Waals surface area contributed by atoms with Gasteiger partial charge in [-0.15, -0.1) is 25.5 Å². The van der Waals surface area contributed by atoms with Crippen molar-refractivity contribution in [2.45, 2.75) is 12.8 Å². The molecule has 0 aliphatic rings. The summed E-state index contributed by atoms with van der Waals surface area (Å²) in [6.07, 6.45) is 0.877. The van der Waals surface area contributed by atoms with E-state index >= 15 is 0 Å². The average Bonchev–Trinajstić information content (AvgIpc) is 2.16. The van der Waals surface area contributed by atoms with E-state index in [9.17, 15) is 13.2 Å². The van der Waals surface area contributed by atoms with Crippen molar-refractivity contribution >= 4 is 5.69 Å². The quantitative estimate of drug-likeness (QED) is 0.633. The Morgan fingerprint density at radius 2 is 2.12 bits per heavy atom. The molecule has 5 heteroatoms. The van der Waals surface area contributed by atoms with Crippen LogP contribution >= 0.6 is 0 Å². The SMILES string of the molecule is C#CCCNc1cccc(OC(F)(F)F)c1. The van der Waals surface area contributed by atoms with Gasteiger partial charge in [0.25, 0.3) is 0 Å². The fourth-order valence-corrected chi connectivity index (χ4v) is 1.08. The highest BCUT2D eigenvalue weighted by atomic mass is 19.4. The lowest BCUT2D eigenvalue weighted by atomic mass is 10.3. The number of rotatable bonds is 4. The number of hydrogen-bond donors (Lipinski definition) is 1. The van der Waals surface area contributed by atoms with Crippen LogP contribution in [0.5, 0.6) is 5.75 Å². The van der Waals surface area contributed by atoms with E-state index in [4.69, 9.17) is 6.42 Å². The van der Waals surface area contributed by atoms with E-state index in [0.717, 1.165) is 0 Å². The van der Waals surface area contributed by atoms with Crippen LogP contribution < -0.4 is 10.1 Å².